The Morgan fingerprint density at radius 2 is 2.08 bits per heavy atom. The lowest BCUT2D eigenvalue weighted by Gasteiger charge is -2.11. The van der Waals surface area contributed by atoms with Crippen LogP contribution in [0.2, 0.25) is 5.02 Å². The Bertz CT molecular complexity index is 936. The first-order valence-corrected chi connectivity index (χ1v) is 9.48. The summed E-state index contributed by atoms with van der Waals surface area (Å²) >= 11 is 8.50. The number of hydrogen-bond donors (Lipinski definition) is 1. The van der Waals surface area contributed by atoms with E-state index >= 15 is 0 Å². The summed E-state index contributed by atoms with van der Waals surface area (Å²) in [6.07, 6.45) is -4.55. The van der Waals surface area contributed by atoms with Gasteiger partial charge in [-0.15, -0.1) is 22.7 Å². The predicted octanol–water partition coefficient (Wildman–Crippen LogP) is 6.03. The highest BCUT2D eigenvalue weighted by molar-refractivity contribution is 7.15. The van der Waals surface area contributed by atoms with Crippen molar-refractivity contribution in [1.29, 1.82) is 0 Å². The van der Waals surface area contributed by atoms with Crippen molar-refractivity contribution in [3.8, 4) is 10.6 Å². The van der Waals surface area contributed by atoms with E-state index in [0.717, 1.165) is 32.6 Å². The minimum atomic E-state index is -4.58. The molecule has 0 bridgehead atoms. The van der Waals surface area contributed by atoms with Crippen LogP contribution < -0.4 is 5.32 Å². The van der Waals surface area contributed by atoms with Crippen LogP contribution in [0, 0.1) is 6.92 Å². The molecule has 0 aliphatic carbocycles. The molecule has 1 N–H and O–H groups in total. The van der Waals surface area contributed by atoms with Gasteiger partial charge in [0.1, 0.15) is 0 Å². The molecule has 0 spiro atoms. The van der Waals surface area contributed by atoms with Crippen LogP contribution in [0.15, 0.2) is 35.7 Å². The van der Waals surface area contributed by atoms with Crippen molar-refractivity contribution in [3.63, 3.8) is 0 Å². The number of alkyl halides is 3. The molecule has 9 heteroatoms. The Labute approximate surface area is 160 Å². The molecule has 3 rings (SSSR count). The fourth-order valence-corrected chi connectivity index (χ4v) is 4.35. The minimum Gasteiger partial charge on any atom is -0.326 e. The van der Waals surface area contributed by atoms with Crippen molar-refractivity contribution in [2.75, 3.05) is 5.32 Å². The Morgan fingerprint density at radius 3 is 2.73 bits per heavy atom. The van der Waals surface area contributed by atoms with Gasteiger partial charge in [-0.05, 0) is 36.6 Å². The van der Waals surface area contributed by atoms with Crippen LogP contribution in [0.1, 0.15) is 15.4 Å². The monoisotopic (exact) mass is 416 g/mol. The third kappa shape index (κ3) is 4.25. The number of thiazole rings is 1. The Hall–Kier alpha value is -1.90. The number of thiophene rings is 1. The van der Waals surface area contributed by atoms with E-state index in [1.165, 1.54) is 28.7 Å². The Morgan fingerprint density at radius 1 is 1.31 bits per heavy atom. The molecule has 0 aliphatic heterocycles. The fraction of sp³-hybridized carbons (Fsp3) is 0.176. The van der Waals surface area contributed by atoms with Gasteiger partial charge in [0.05, 0.1) is 32.6 Å². The van der Waals surface area contributed by atoms with Gasteiger partial charge in [0.2, 0.25) is 5.91 Å². The van der Waals surface area contributed by atoms with Gasteiger partial charge in [-0.1, -0.05) is 17.7 Å². The van der Waals surface area contributed by atoms with E-state index in [1.54, 1.807) is 0 Å². The number of nitrogens with zero attached hydrogens (tertiary/aromatic N) is 1. The molecule has 1 amide bonds. The van der Waals surface area contributed by atoms with Gasteiger partial charge in [0.25, 0.3) is 0 Å². The molecule has 0 radical (unpaired) electrons. The van der Waals surface area contributed by atoms with Crippen molar-refractivity contribution >= 4 is 45.9 Å². The van der Waals surface area contributed by atoms with Gasteiger partial charge >= 0.3 is 6.18 Å². The number of halogens is 4. The third-order valence-electron chi connectivity index (χ3n) is 3.44. The second-order valence-corrected chi connectivity index (χ2v) is 8.04. The van der Waals surface area contributed by atoms with Gasteiger partial charge < -0.3 is 5.32 Å². The number of anilines is 1. The fourth-order valence-electron chi connectivity index (χ4n) is 2.37. The number of carbonyl (C=O) groups is 1. The SMILES string of the molecule is Cc1nc(-c2cccs2)c(CC(=O)Nc2ccc(Cl)c(C(F)(F)F)c2)s1. The molecule has 1 aromatic carbocycles. The van der Waals surface area contributed by atoms with Crippen LogP contribution in [-0.4, -0.2) is 10.9 Å². The smallest absolute Gasteiger partial charge is 0.326 e. The van der Waals surface area contributed by atoms with Gasteiger partial charge in [-0.2, -0.15) is 13.2 Å². The quantitative estimate of drug-likeness (QED) is 0.564. The van der Waals surface area contributed by atoms with Gasteiger partial charge in [0.15, 0.2) is 0 Å². The molecule has 0 fully saturated rings. The summed E-state index contributed by atoms with van der Waals surface area (Å²) in [5, 5.41) is 4.83. The van der Waals surface area contributed by atoms with Gasteiger partial charge in [-0.3, -0.25) is 4.79 Å². The van der Waals surface area contributed by atoms with E-state index in [-0.39, 0.29) is 12.1 Å². The number of aryl methyl sites for hydroxylation is 1. The molecule has 0 aliphatic rings. The maximum absolute atomic E-state index is 12.9. The van der Waals surface area contributed by atoms with Crippen molar-refractivity contribution in [3.05, 3.63) is 56.2 Å². The molecule has 2 aromatic heterocycles. The van der Waals surface area contributed by atoms with Crippen LogP contribution in [0.25, 0.3) is 10.6 Å². The molecule has 3 aromatic rings. The largest absolute Gasteiger partial charge is 0.417 e. The van der Waals surface area contributed by atoms with E-state index in [9.17, 15) is 18.0 Å². The second kappa shape index (κ2) is 7.38. The highest BCUT2D eigenvalue weighted by atomic mass is 35.5. The number of aromatic nitrogens is 1. The summed E-state index contributed by atoms with van der Waals surface area (Å²) in [5.41, 5.74) is -0.194. The molecule has 0 saturated carbocycles. The summed E-state index contributed by atoms with van der Waals surface area (Å²) < 4.78 is 38.8. The molecule has 2 heterocycles. The lowest BCUT2D eigenvalue weighted by molar-refractivity contribution is -0.137. The Balaban J connectivity index is 1.79. The van der Waals surface area contributed by atoms with E-state index in [2.05, 4.69) is 10.3 Å². The number of nitrogens with one attached hydrogen (secondary N) is 1. The first-order chi connectivity index (χ1) is 12.2. The number of amides is 1. The first kappa shape index (κ1) is 18.9. The lowest BCUT2D eigenvalue weighted by atomic mass is 10.2. The highest BCUT2D eigenvalue weighted by Crippen LogP contribution is 2.36. The molecule has 3 nitrogen and oxygen atoms in total. The second-order valence-electron chi connectivity index (χ2n) is 5.40. The minimum absolute atomic E-state index is 0.0305. The summed E-state index contributed by atoms with van der Waals surface area (Å²) in [6.45, 7) is 1.85. The number of rotatable bonds is 4. The van der Waals surface area contributed by atoms with Crippen LogP contribution in [-0.2, 0) is 17.4 Å². The molecule has 0 atom stereocenters. The number of hydrogen-bond acceptors (Lipinski definition) is 4. The number of benzene rings is 1. The van der Waals surface area contributed by atoms with Crippen molar-refractivity contribution in [2.24, 2.45) is 0 Å². The van der Waals surface area contributed by atoms with E-state index in [4.69, 9.17) is 11.6 Å². The zero-order valence-electron chi connectivity index (χ0n) is 13.4. The van der Waals surface area contributed by atoms with Crippen molar-refractivity contribution in [1.82, 2.24) is 4.98 Å². The molecular formula is C17H12ClF3N2OS2. The normalized spacial score (nSPS) is 11.6. The van der Waals surface area contributed by atoms with Crippen LogP contribution in [0.4, 0.5) is 18.9 Å². The third-order valence-corrected chi connectivity index (χ3v) is 5.61. The van der Waals surface area contributed by atoms with Gasteiger partial charge in [-0.25, -0.2) is 4.98 Å². The summed E-state index contributed by atoms with van der Waals surface area (Å²) in [7, 11) is 0. The summed E-state index contributed by atoms with van der Waals surface area (Å²) in [5.74, 6) is -0.415. The molecular weight excluding hydrogens is 405 g/mol. The van der Waals surface area contributed by atoms with Crippen molar-refractivity contribution in [2.45, 2.75) is 19.5 Å². The molecule has 0 unspecified atom stereocenters. The average molecular weight is 417 g/mol. The molecule has 136 valence electrons. The van der Waals surface area contributed by atoms with Crippen LogP contribution in [0.3, 0.4) is 0 Å². The van der Waals surface area contributed by atoms with E-state index in [0.29, 0.717) is 0 Å². The number of carbonyl (C=O) groups excluding carboxylic acids is 1. The standard InChI is InChI=1S/C17H12ClF3N2OS2/c1-9-22-16(13-3-2-6-25-13)14(26-9)8-15(24)23-10-4-5-12(18)11(7-10)17(19,20)21/h2-7H,8H2,1H3,(H,23,24). The lowest BCUT2D eigenvalue weighted by Crippen LogP contribution is -2.15. The average Bonchev–Trinajstić information content (AvgIpc) is 3.17. The molecule has 0 saturated heterocycles. The zero-order valence-corrected chi connectivity index (χ0v) is 15.7. The Kier molecular flexibility index (Phi) is 5.36. The predicted molar refractivity (Wildman–Crippen MR) is 99.0 cm³/mol. The van der Waals surface area contributed by atoms with Crippen LogP contribution >= 0.6 is 34.3 Å². The first-order valence-electron chi connectivity index (χ1n) is 7.41. The van der Waals surface area contributed by atoms with E-state index < -0.39 is 22.7 Å². The van der Waals surface area contributed by atoms with Gasteiger partial charge in [0, 0.05) is 10.6 Å². The maximum Gasteiger partial charge on any atom is 0.417 e. The van der Waals surface area contributed by atoms with Crippen molar-refractivity contribution < 1.29 is 18.0 Å². The molecule has 26 heavy (non-hydrogen) atoms. The topological polar surface area (TPSA) is 42.0 Å². The summed E-state index contributed by atoms with van der Waals surface area (Å²) in [4.78, 5) is 18.5. The maximum atomic E-state index is 12.9. The highest BCUT2D eigenvalue weighted by Gasteiger charge is 2.33. The van der Waals surface area contributed by atoms with E-state index in [1.807, 2.05) is 24.4 Å². The van der Waals surface area contributed by atoms with Crippen LogP contribution in [0.5, 0.6) is 0 Å². The summed E-state index contributed by atoms with van der Waals surface area (Å²) in [6, 6.07) is 7.10. The zero-order chi connectivity index (χ0) is 18.9.